The molecule has 224 valence electrons. The highest BCUT2D eigenvalue weighted by Crippen LogP contribution is 2.33. The van der Waals surface area contributed by atoms with E-state index in [4.69, 9.17) is 46.4 Å². The van der Waals surface area contributed by atoms with Crippen LogP contribution in [0.15, 0.2) is 71.6 Å². The molecule has 1 fully saturated rings. The minimum atomic E-state index is -4.25. The van der Waals surface area contributed by atoms with Crippen molar-refractivity contribution in [3.63, 3.8) is 0 Å². The molecule has 1 atom stereocenters. The van der Waals surface area contributed by atoms with Gasteiger partial charge in [0.05, 0.1) is 25.7 Å². The summed E-state index contributed by atoms with van der Waals surface area (Å²) >= 11 is 24.9. The van der Waals surface area contributed by atoms with Gasteiger partial charge in [0, 0.05) is 17.6 Å². The molecule has 4 rings (SSSR count). The summed E-state index contributed by atoms with van der Waals surface area (Å²) in [5.74, 6) is -0.935. The number of anilines is 1. The van der Waals surface area contributed by atoms with Gasteiger partial charge in [-0.1, -0.05) is 89.9 Å². The zero-order valence-corrected chi connectivity index (χ0v) is 26.7. The number of benzene rings is 3. The predicted octanol–water partition coefficient (Wildman–Crippen LogP) is 7.36. The Balaban J connectivity index is 1.70. The molecule has 0 heterocycles. The highest BCUT2D eigenvalue weighted by atomic mass is 35.5. The lowest BCUT2D eigenvalue weighted by Crippen LogP contribution is -2.53. The van der Waals surface area contributed by atoms with E-state index in [1.54, 1.807) is 43.3 Å². The van der Waals surface area contributed by atoms with E-state index in [0.29, 0.717) is 20.6 Å². The van der Waals surface area contributed by atoms with Crippen LogP contribution in [0.3, 0.4) is 0 Å². The zero-order chi connectivity index (χ0) is 30.4. The Morgan fingerprint density at radius 1 is 0.881 bits per heavy atom. The Morgan fingerprint density at radius 3 is 2.21 bits per heavy atom. The first kappa shape index (κ1) is 32.4. The third kappa shape index (κ3) is 7.91. The van der Waals surface area contributed by atoms with E-state index in [1.807, 2.05) is 0 Å². The fourth-order valence-electron chi connectivity index (χ4n) is 4.90. The van der Waals surface area contributed by atoms with Gasteiger partial charge < -0.3 is 10.2 Å². The van der Waals surface area contributed by atoms with Crippen molar-refractivity contribution in [2.45, 2.75) is 62.6 Å². The van der Waals surface area contributed by atoms with Crippen LogP contribution in [0.2, 0.25) is 20.1 Å². The van der Waals surface area contributed by atoms with Crippen molar-refractivity contribution in [2.75, 3.05) is 10.8 Å². The van der Waals surface area contributed by atoms with Gasteiger partial charge in [0.25, 0.3) is 10.0 Å². The summed E-state index contributed by atoms with van der Waals surface area (Å²) in [4.78, 5) is 28.8. The fraction of sp³-hybridized carbons (Fsp3) is 0.333. The zero-order valence-electron chi connectivity index (χ0n) is 22.9. The maximum absolute atomic E-state index is 14.1. The molecule has 0 aromatic heterocycles. The molecule has 1 N–H and O–H groups in total. The summed E-state index contributed by atoms with van der Waals surface area (Å²) in [5.41, 5.74) is 0.698. The molecular formula is C30H31Cl4N3O4S. The minimum Gasteiger partial charge on any atom is -0.352 e. The molecule has 1 unspecified atom stereocenters. The Kier molecular flexibility index (Phi) is 11.1. The summed E-state index contributed by atoms with van der Waals surface area (Å²) in [5, 5.41) is 4.07. The molecule has 1 aliphatic carbocycles. The molecule has 12 heteroatoms. The predicted molar refractivity (Wildman–Crippen MR) is 169 cm³/mol. The molecule has 7 nitrogen and oxygen atoms in total. The number of nitrogens with zero attached hydrogens (tertiary/aromatic N) is 2. The molecule has 1 aliphatic rings. The van der Waals surface area contributed by atoms with Crippen molar-refractivity contribution in [3.05, 3.63) is 92.4 Å². The summed E-state index contributed by atoms with van der Waals surface area (Å²) in [6.45, 7) is 0.988. The molecule has 2 amide bonds. The molecule has 3 aromatic rings. The van der Waals surface area contributed by atoms with Crippen LogP contribution >= 0.6 is 46.4 Å². The lowest BCUT2D eigenvalue weighted by molar-refractivity contribution is -0.139. The number of carbonyl (C=O) groups excluding carboxylic acids is 2. The topological polar surface area (TPSA) is 86.8 Å². The Morgan fingerprint density at radius 2 is 1.57 bits per heavy atom. The van der Waals surface area contributed by atoms with Crippen LogP contribution in [0.5, 0.6) is 0 Å². The standard InChI is InChI=1S/C30H31Cl4N3O4S/c1-20(30(39)35-23-8-4-2-5-9-23)36(18-21-12-14-25(32)26(33)16-21)29(38)19-37(28-15-13-22(31)17-27(28)34)42(40,41)24-10-6-3-7-11-24/h3,6-7,10-17,20,23H,2,4-5,8-9,18-19H2,1H3,(H,35,39). The first-order valence-corrected chi connectivity index (χ1v) is 16.5. The number of amides is 2. The molecule has 0 spiro atoms. The number of halogens is 4. The SMILES string of the molecule is CC(C(=O)NC1CCCCC1)N(Cc1ccc(Cl)c(Cl)c1)C(=O)CN(c1ccc(Cl)cc1Cl)S(=O)(=O)c1ccccc1. The summed E-state index contributed by atoms with van der Waals surface area (Å²) in [6, 6.07) is 16.1. The Hall–Kier alpha value is -2.49. The Bertz CT molecular complexity index is 1530. The van der Waals surface area contributed by atoms with Crippen LogP contribution in [-0.2, 0) is 26.2 Å². The van der Waals surface area contributed by atoms with Gasteiger partial charge in [0.2, 0.25) is 11.8 Å². The molecule has 0 aliphatic heterocycles. The largest absolute Gasteiger partial charge is 0.352 e. The second-order valence-electron chi connectivity index (χ2n) is 10.2. The van der Waals surface area contributed by atoms with E-state index in [2.05, 4.69) is 5.32 Å². The lowest BCUT2D eigenvalue weighted by atomic mass is 9.95. The number of carbonyl (C=O) groups is 2. The van der Waals surface area contributed by atoms with Crippen LogP contribution in [0.1, 0.15) is 44.6 Å². The van der Waals surface area contributed by atoms with Crippen molar-refractivity contribution in [1.29, 1.82) is 0 Å². The molecule has 1 saturated carbocycles. The Labute approximate surface area is 266 Å². The van der Waals surface area contributed by atoms with Gasteiger partial charge in [-0.05, 0) is 67.8 Å². The summed E-state index contributed by atoms with van der Waals surface area (Å²) in [6.07, 6.45) is 4.93. The fourth-order valence-corrected chi connectivity index (χ4v) is 7.24. The number of hydrogen-bond acceptors (Lipinski definition) is 4. The van der Waals surface area contributed by atoms with Crippen molar-refractivity contribution in [2.24, 2.45) is 0 Å². The van der Waals surface area contributed by atoms with Gasteiger partial charge in [-0.3, -0.25) is 13.9 Å². The highest BCUT2D eigenvalue weighted by Gasteiger charge is 2.34. The van der Waals surface area contributed by atoms with Crippen molar-refractivity contribution >= 4 is 73.9 Å². The van der Waals surface area contributed by atoms with E-state index in [1.165, 1.54) is 35.2 Å². The molecule has 0 radical (unpaired) electrons. The number of nitrogens with one attached hydrogen (secondary N) is 1. The molecule has 3 aromatic carbocycles. The first-order chi connectivity index (χ1) is 20.0. The van der Waals surface area contributed by atoms with E-state index < -0.39 is 28.5 Å². The van der Waals surface area contributed by atoms with Crippen molar-refractivity contribution in [3.8, 4) is 0 Å². The number of sulfonamides is 1. The van der Waals surface area contributed by atoms with E-state index >= 15 is 0 Å². The van der Waals surface area contributed by atoms with E-state index in [-0.39, 0.29) is 34.1 Å². The molecule has 42 heavy (non-hydrogen) atoms. The van der Waals surface area contributed by atoms with Gasteiger partial charge in [0.15, 0.2) is 0 Å². The maximum atomic E-state index is 14.1. The van der Waals surface area contributed by atoms with Gasteiger partial charge in [-0.25, -0.2) is 8.42 Å². The number of hydrogen-bond donors (Lipinski definition) is 1. The second kappa shape index (κ2) is 14.3. The van der Waals surface area contributed by atoms with Crippen LogP contribution in [0.25, 0.3) is 0 Å². The van der Waals surface area contributed by atoms with Gasteiger partial charge >= 0.3 is 0 Å². The second-order valence-corrected chi connectivity index (χ2v) is 13.7. The number of rotatable bonds is 10. The van der Waals surface area contributed by atoms with Crippen molar-refractivity contribution < 1.29 is 18.0 Å². The van der Waals surface area contributed by atoms with Gasteiger partial charge in [0.1, 0.15) is 12.6 Å². The average Bonchev–Trinajstić information content (AvgIpc) is 2.97. The third-order valence-electron chi connectivity index (χ3n) is 7.24. The maximum Gasteiger partial charge on any atom is 0.264 e. The highest BCUT2D eigenvalue weighted by molar-refractivity contribution is 7.92. The average molecular weight is 671 g/mol. The molecule has 0 bridgehead atoms. The van der Waals surface area contributed by atoms with Crippen LogP contribution in [0.4, 0.5) is 5.69 Å². The molecular weight excluding hydrogens is 640 g/mol. The minimum absolute atomic E-state index is 0.0114. The van der Waals surface area contributed by atoms with Crippen LogP contribution < -0.4 is 9.62 Å². The quantitative estimate of drug-likeness (QED) is 0.244. The third-order valence-corrected chi connectivity index (χ3v) is 10.3. The van der Waals surface area contributed by atoms with E-state index in [0.717, 1.165) is 36.4 Å². The smallest absolute Gasteiger partial charge is 0.264 e. The van der Waals surface area contributed by atoms with Gasteiger partial charge in [-0.15, -0.1) is 0 Å². The summed E-state index contributed by atoms with van der Waals surface area (Å²) < 4.78 is 28.7. The lowest BCUT2D eigenvalue weighted by Gasteiger charge is -2.33. The first-order valence-electron chi connectivity index (χ1n) is 13.5. The van der Waals surface area contributed by atoms with Crippen LogP contribution in [0, 0.1) is 0 Å². The summed E-state index contributed by atoms with van der Waals surface area (Å²) in [7, 11) is -4.25. The van der Waals surface area contributed by atoms with Crippen molar-refractivity contribution in [1.82, 2.24) is 10.2 Å². The normalized spacial score (nSPS) is 14.7. The molecule has 0 saturated heterocycles. The van der Waals surface area contributed by atoms with Crippen LogP contribution in [-0.4, -0.2) is 43.8 Å². The monoisotopic (exact) mass is 669 g/mol. The van der Waals surface area contributed by atoms with Gasteiger partial charge in [-0.2, -0.15) is 0 Å². The van der Waals surface area contributed by atoms with E-state index in [9.17, 15) is 18.0 Å².